The van der Waals surface area contributed by atoms with E-state index in [1.165, 1.54) is 0 Å². The first kappa shape index (κ1) is 18.9. The summed E-state index contributed by atoms with van der Waals surface area (Å²) >= 11 is 0. The lowest BCUT2D eigenvalue weighted by molar-refractivity contribution is 0.0426. The Kier molecular flexibility index (Phi) is 4.79. The third kappa shape index (κ3) is 3.17. The fourth-order valence-electron chi connectivity index (χ4n) is 4.59. The van der Waals surface area contributed by atoms with Crippen LogP contribution in [-0.4, -0.2) is 39.8 Å². The Balaban J connectivity index is 1.59. The summed E-state index contributed by atoms with van der Waals surface area (Å²) in [6, 6.07) is 17.8. The van der Waals surface area contributed by atoms with Crippen LogP contribution in [0.3, 0.4) is 0 Å². The molecular weight excluding hydrogens is 376 g/mol. The van der Waals surface area contributed by atoms with Gasteiger partial charge >= 0.3 is 0 Å². The monoisotopic (exact) mass is 402 g/mol. The van der Waals surface area contributed by atoms with Crippen molar-refractivity contribution in [2.24, 2.45) is 0 Å². The molecule has 0 bridgehead atoms. The highest BCUT2D eigenvalue weighted by Crippen LogP contribution is 2.37. The Bertz CT molecular complexity index is 1070. The summed E-state index contributed by atoms with van der Waals surface area (Å²) < 4.78 is 7.83. The maximum Gasteiger partial charge on any atom is 0.257 e. The second-order valence-electron chi connectivity index (χ2n) is 8.02. The number of rotatable bonds is 4. The van der Waals surface area contributed by atoms with Crippen molar-refractivity contribution in [1.29, 1.82) is 0 Å². The molecule has 1 aromatic heterocycles. The summed E-state index contributed by atoms with van der Waals surface area (Å²) in [4.78, 5) is 15.4. The number of nitrogens with zero attached hydrogens (tertiary/aromatic N) is 3. The van der Waals surface area contributed by atoms with E-state index in [2.05, 4.69) is 12.2 Å². The highest BCUT2D eigenvalue weighted by molar-refractivity contribution is 6.01. The molecule has 30 heavy (non-hydrogen) atoms. The molecule has 154 valence electrons. The number of aryl methyl sites for hydroxylation is 1. The molecule has 1 saturated heterocycles. The van der Waals surface area contributed by atoms with Crippen molar-refractivity contribution < 1.29 is 9.53 Å². The molecule has 0 aliphatic carbocycles. The van der Waals surface area contributed by atoms with Crippen LogP contribution in [-0.2, 0) is 4.74 Å². The summed E-state index contributed by atoms with van der Waals surface area (Å²) in [6.45, 7) is 5.42. The van der Waals surface area contributed by atoms with Crippen molar-refractivity contribution in [2.45, 2.75) is 39.0 Å². The lowest BCUT2D eigenvalue weighted by atomic mass is 10.0. The number of carbonyl (C=O) groups is 1. The fraction of sp³-hybridized carbons (Fsp3) is 0.333. The number of nitrogens with one attached hydrogen (secondary N) is 1. The van der Waals surface area contributed by atoms with Crippen molar-refractivity contribution in [3.63, 3.8) is 0 Å². The summed E-state index contributed by atoms with van der Waals surface area (Å²) in [6.07, 6.45) is 1.83. The molecule has 3 heterocycles. The van der Waals surface area contributed by atoms with Crippen LogP contribution in [0.2, 0.25) is 0 Å². The average molecular weight is 402 g/mol. The molecule has 0 saturated carbocycles. The number of hydrogen-bond acceptors (Lipinski definition) is 4. The number of aromatic nitrogens is 2. The molecule has 1 N–H and O–H groups in total. The smallest absolute Gasteiger partial charge is 0.257 e. The second-order valence-corrected chi connectivity index (χ2v) is 8.02. The van der Waals surface area contributed by atoms with Gasteiger partial charge in [-0.15, -0.1) is 0 Å². The van der Waals surface area contributed by atoms with E-state index in [9.17, 15) is 4.79 Å². The lowest BCUT2D eigenvalue weighted by Crippen LogP contribution is -2.46. The highest BCUT2D eigenvalue weighted by Gasteiger charge is 2.37. The molecule has 1 amide bonds. The van der Waals surface area contributed by atoms with Crippen LogP contribution in [0.4, 0.5) is 5.69 Å². The number of amides is 1. The van der Waals surface area contributed by atoms with Gasteiger partial charge in [-0.1, -0.05) is 30.3 Å². The van der Waals surface area contributed by atoms with E-state index in [1.807, 2.05) is 71.1 Å². The Morgan fingerprint density at radius 1 is 1.10 bits per heavy atom. The lowest BCUT2D eigenvalue weighted by Gasteiger charge is -2.39. The highest BCUT2D eigenvalue weighted by atomic mass is 16.5. The molecule has 0 spiro atoms. The van der Waals surface area contributed by atoms with E-state index in [-0.39, 0.29) is 18.2 Å². The van der Waals surface area contributed by atoms with Gasteiger partial charge in [0.25, 0.3) is 5.91 Å². The molecule has 0 unspecified atom stereocenters. The van der Waals surface area contributed by atoms with Gasteiger partial charge in [-0.3, -0.25) is 4.79 Å². The van der Waals surface area contributed by atoms with Gasteiger partial charge in [-0.2, -0.15) is 5.10 Å². The molecule has 2 atom stereocenters. The van der Waals surface area contributed by atoms with Gasteiger partial charge < -0.3 is 15.0 Å². The zero-order chi connectivity index (χ0) is 20.7. The summed E-state index contributed by atoms with van der Waals surface area (Å²) in [7, 11) is 0. The maximum atomic E-state index is 13.5. The van der Waals surface area contributed by atoms with Crippen LogP contribution in [0.1, 0.15) is 46.3 Å². The average Bonchev–Trinajstić information content (AvgIpc) is 3.38. The van der Waals surface area contributed by atoms with Crippen molar-refractivity contribution >= 4 is 11.6 Å². The Hall–Kier alpha value is -3.12. The van der Waals surface area contributed by atoms with Crippen LogP contribution >= 0.6 is 0 Å². The Morgan fingerprint density at radius 2 is 1.87 bits per heavy atom. The first-order valence-corrected chi connectivity index (χ1v) is 10.5. The molecule has 6 heteroatoms. The summed E-state index contributed by atoms with van der Waals surface area (Å²) in [5.74, 6) is 0.0381. The van der Waals surface area contributed by atoms with Gasteiger partial charge in [0.1, 0.15) is 6.17 Å². The number of anilines is 1. The first-order valence-electron chi connectivity index (χ1n) is 10.5. The molecule has 0 radical (unpaired) electrons. The van der Waals surface area contributed by atoms with Gasteiger partial charge in [0.2, 0.25) is 0 Å². The zero-order valence-corrected chi connectivity index (χ0v) is 17.3. The van der Waals surface area contributed by atoms with E-state index >= 15 is 0 Å². The van der Waals surface area contributed by atoms with Crippen molar-refractivity contribution in [3.05, 3.63) is 77.1 Å². The van der Waals surface area contributed by atoms with Gasteiger partial charge in [0.15, 0.2) is 0 Å². The van der Waals surface area contributed by atoms with Gasteiger partial charge in [-0.05, 0) is 51.0 Å². The zero-order valence-electron chi connectivity index (χ0n) is 17.3. The normalized spacial score (nSPS) is 20.9. The first-order chi connectivity index (χ1) is 14.6. The van der Waals surface area contributed by atoms with Crippen LogP contribution in [0.5, 0.6) is 0 Å². The van der Waals surface area contributed by atoms with E-state index in [0.29, 0.717) is 12.1 Å². The minimum atomic E-state index is -0.283. The number of ether oxygens (including phenoxy) is 1. The van der Waals surface area contributed by atoms with Crippen LogP contribution in [0.15, 0.2) is 54.6 Å². The van der Waals surface area contributed by atoms with E-state index in [4.69, 9.17) is 9.84 Å². The third-order valence-corrected chi connectivity index (χ3v) is 6.07. The van der Waals surface area contributed by atoms with Gasteiger partial charge in [0, 0.05) is 30.1 Å². The minimum Gasteiger partial charge on any atom is -0.376 e. The summed E-state index contributed by atoms with van der Waals surface area (Å²) in [5, 5.41) is 8.42. The fourth-order valence-corrected chi connectivity index (χ4v) is 4.59. The van der Waals surface area contributed by atoms with Gasteiger partial charge in [-0.25, -0.2) is 4.68 Å². The Labute approximate surface area is 176 Å². The SMILES string of the molecule is Cc1nn(-c2ccccc2)c(C)c1[C@@H]1Nc2ccccc2C(=O)N1C[C@H]1CCCO1. The van der Waals surface area contributed by atoms with Crippen molar-refractivity contribution in [2.75, 3.05) is 18.5 Å². The molecule has 6 nitrogen and oxygen atoms in total. The molecule has 2 aromatic carbocycles. The van der Waals surface area contributed by atoms with E-state index < -0.39 is 0 Å². The largest absolute Gasteiger partial charge is 0.376 e. The molecular formula is C24H26N4O2. The van der Waals surface area contributed by atoms with Crippen LogP contribution in [0.25, 0.3) is 5.69 Å². The second kappa shape index (κ2) is 7.61. The molecule has 3 aromatic rings. The molecule has 1 fully saturated rings. The number of benzene rings is 2. The molecule has 2 aliphatic heterocycles. The molecule has 5 rings (SSSR count). The topological polar surface area (TPSA) is 59.4 Å². The van der Waals surface area contributed by atoms with Gasteiger partial charge in [0.05, 0.1) is 23.0 Å². The molecule has 2 aliphatic rings. The third-order valence-electron chi connectivity index (χ3n) is 6.07. The standard InChI is InChI=1S/C24H26N4O2/c1-16-22(17(2)28(26-16)18-9-4-3-5-10-18)23-25-21-13-7-6-12-20(21)24(29)27(23)15-19-11-8-14-30-19/h3-7,9-10,12-13,19,23,25H,8,11,14-15H2,1-2H3/t19-,23-/m1/s1. The van der Waals surface area contributed by atoms with Crippen molar-refractivity contribution in [3.8, 4) is 5.69 Å². The number of para-hydroxylation sites is 2. The van der Waals surface area contributed by atoms with Crippen molar-refractivity contribution in [1.82, 2.24) is 14.7 Å². The predicted molar refractivity (Wildman–Crippen MR) is 116 cm³/mol. The number of hydrogen-bond donors (Lipinski definition) is 1. The quantitative estimate of drug-likeness (QED) is 0.709. The minimum absolute atomic E-state index is 0.0381. The number of fused-ring (bicyclic) bond motifs is 1. The summed E-state index contributed by atoms with van der Waals surface area (Å²) in [5.41, 5.74) is 5.57. The maximum absolute atomic E-state index is 13.5. The van der Waals surface area contributed by atoms with E-state index in [1.54, 1.807) is 0 Å². The predicted octanol–water partition coefficient (Wildman–Crippen LogP) is 4.23. The number of carbonyl (C=O) groups excluding carboxylic acids is 1. The van der Waals surface area contributed by atoms with Crippen LogP contribution < -0.4 is 5.32 Å². The van der Waals surface area contributed by atoms with E-state index in [0.717, 1.165) is 47.8 Å². The Morgan fingerprint density at radius 3 is 2.63 bits per heavy atom. The van der Waals surface area contributed by atoms with Crippen LogP contribution in [0, 0.1) is 13.8 Å².